The molecular weight excluding hydrogens is 443 g/mol. The zero-order chi connectivity index (χ0) is 20.1. The predicted molar refractivity (Wildman–Crippen MR) is 110 cm³/mol. The molecule has 148 valence electrons. The summed E-state index contributed by atoms with van der Waals surface area (Å²) in [7, 11) is 1.81. The molecule has 8 nitrogen and oxygen atoms in total. The van der Waals surface area contributed by atoms with Crippen LogP contribution in [0.25, 0.3) is 0 Å². The van der Waals surface area contributed by atoms with E-state index in [0.29, 0.717) is 31.9 Å². The molecule has 0 aliphatic heterocycles. The molecule has 0 spiro atoms. The summed E-state index contributed by atoms with van der Waals surface area (Å²) in [5.74, 6) is 1.10. The van der Waals surface area contributed by atoms with Gasteiger partial charge < -0.3 is 9.30 Å². The van der Waals surface area contributed by atoms with Gasteiger partial charge in [0.25, 0.3) is 0 Å². The van der Waals surface area contributed by atoms with E-state index in [-0.39, 0.29) is 18.3 Å². The fraction of sp³-hybridized carbons (Fsp3) is 0.312. The number of anilines is 1. The average molecular weight is 459 g/mol. The minimum absolute atomic E-state index is 0.177. The summed E-state index contributed by atoms with van der Waals surface area (Å²) in [6.07, 6.45) is 0.785. The number of hydrogen-bond donors (Lipinski definition) is 1. The number of nitrogens with zero attached hydrogens (tertiary/aromatic N) is 5. The summed E-state index contributed by atoms with van der Waals surface area (Å²) in [6, 6.07) is 5.00. The van der Waals surface area contributed by atoms with E-state index in [0.717, 1.165) is 11.4 Å². The van der Waals surface area contributed by atoms with Crippen LogP contribution in [0.5, 0.6) is 5.75 Å². The normalized spacial score (nSPS) is 10.9. The number of carbonyl (C=O) groups excluding carboxylic acids is 1. The largest absolute Gasteiger partial charge is 0.484 e. The van der Waals surface area contributed by atoms with Gasteiger partial charge in [0.2, 0.25) is 11.0 Å². The standard InChI is InChI=1S/C16H16Cl2N6O2S2/c1-3-14-21-22-15(28-14)19-13(25)8-27-16-23-20-12(24(16)2)7-26-11-5-4-9(17)6-10(11)18/h4-6H,3,7-8H2,1-2H3,(H,19,22,25). The molecule has 28 heavy (non-hydrogen) atoms. The Balaban J connectivity index is 1.53. The number of nitrogens with one attached hydrogen (secondary N) is 1. The Kier molecular flexibility index (Phi) is 7.11. The quantitative estimate of drug-likeness (QED) is 0.512. The van der Waals surface area contributed by atoms with Crippen molar-refractivity contribution in [3.63, 3.8) is 0 Å². The fourth-order valence-corrected chi connectivity index (χ4v) is 3.95. The van der Waals surface area contributed by atoms with Gasteiger partial charge in [0.15, 0.2) is 11.0 Å². The zero-order valence-electron chi connectivity index (χ0n) is 15.0. The Labute approximate surface area is 179 Å². The van der Waals surface area contributed by atoms with Crippen molar-refractivity contribution in [3.05, 3.63) is 39.1 Å². The lowest BCUT2D eigenvalue weighted by molar-refractivity contribution is -0.113. The lowest BCUT2D eigenvalue weighted by Crippen LogP contribution is -2.14. The summed E-state index contributed by atoms with van der Waals surface area (Å²) in [5.41, 5.74) is 0. The molecule has 0 atom stereocenters. The van der Waals surface area contributed by atoms with Crippen LogP contribution in [0.3, 0.4) is 0 Å². The maximum atomic E-state index is 12.1. The van der Waals surface area contributed by atoms with Crippen molar-refractivity contribution in [2.75, 3.05) is 11.1 Å². The number of halogens is 2. The number of hydrogen-bond acceptors (Lipinski definition) is 8. The lowest BCUT2D eigenvalue weighted by atomic mass is 10.3. The topological polar surface area (TPSA) is 94.8 Å². The van der Waals surface area contributed by atoms with Crippen LogP contribution in [0.4, 0.5) is 5.13 Å². The van der Waals surface area contributed by atoms with Gasteiger partial charge in [0.05, 0.1) is 10.8 Å². The number of thioether (sulfide) groups is 1. The van der Waals surface area contributed by atoms with Crippen molar-refractivity contribution in [1.82, 2.24) is 25.0 Å². The van der Waals surface area contributed by atoms with Gasteiger partial charge in [-0.05, 0) is 24.6 Å². The molecule has 2 aromatic heterocycles. The molecule has 0 aliphatic rings. The first-order valence-electron chi connectivity index (χ1n) is 8.17. The van der Waals surface area contributed by atoms with Gasteiger partial charge in [0.1, 0.15) is 17.4 Å². The summed E-state index contributed by atoms with van der Waals surface area (Å²) < 4.78 is 7.44. The molecule has 0 radical (unpaired) electrons. The smallest absolute Gasteiger partial charge is 0.236 e. The van der Waals surface area contributed by atoms with Crippen molar-refractivity contribution in [1.29, 1.82) is 0 Å². The molecule has 3 rings (SSSR count). The van der Waals surface area contributed by atoms with Crippen LogP contribution in [0.2, 0.25) is 10.0 Å². The highest BCUT2D eigenvalue weighted by Gasteiger charge is 2.14. The van der Waals surface area contributed by atoms with Crippen LogP contribution < -0.4 is 10.1 Å². The van der Waals surface area contributed by atoms with Gasteiger partial charge >= 0.3 is 0 Å². The van der Waals surface area contributed by atoms with Gasteiger partial charge in [-0.15, -0.1) is 20.4 Å². The second-order valence-electron chi connectivity index (χ2n) is 5.51. The van der Waals surface area contributed by atoms with Crippen molar-refractivity contribution in [2.24, 2.45) is 7.05 Å². The minimum atomic E-state index is -0.183. The van der Waals surface area contributed by atoms with Crippen molar-refractivity contribution >= 4 is 57.3 Å². The highest BCUT2D eigenvalue weighted by Crippen LogP contribution is 2.28. The third kappa shape index (κ3) is 5.34. The number of carbonyl (C=O) groups is 1. The van der Waals surface area contributed by atoms with Gasteiger partial charge in [-0.25, -0.2) is 0 Å². The lowest BCUT2D eigenvalue weighted by Gasteiger charge is -2.08. The number of aryl methyl sites for hydroxylation is 1. The first-order valence-corrected chi connectivity index (χ1v) is 10.7. The monoisotopic (exact) mass is 458 g/mol. The molecule has 1 N–H and O–H groups in total. The van der Waals surface area contributed by atoms with Crippen LogP contribution in [0.1, 0.15) is 17.8 Å². The Morgan fingerprint density at radius 1 is 1.29 bits per heavy atom. The van der Waals surface area contributed by atoms with E-state index in [4.69, 9.17) is 27.9 Å². The number of amides is 1. The third-order valence-electron chi connectivity index (χ3n) is 3.52. The van der Waals surface area contributed by atoms with Crippen LogP contribution in [0, 0.1) is 0 Å². The highest BCUT2D eigenvalue weighted by molar-refractivity contribution is 7.99. The number of benzene rings is 1. The van der Waals surface area contributed by atoms with E-state index in [9.17, 15) is 4.79 Å². The summed E-state index contributed by atoms with van der Waals surface area (Å²) in [6.45, 7) is 2.17. The molecular formula is C16H16Cl2N6O2S2. The second-order valence-corrected chi connectivity index (χ2v) is 8.36. The van der Waals surface area contributed by atoms with Crippen molar-refractivity contribution < 1.29 is 9.53 Å². The van der Waals surface area contributed by atoms with Crippen LogP contribution in [-0.4, -0.2) is 36.6 Å². The Morgan fingerprint density at radius 2 is 2.11 bits per heavy atom. The van der Waals surface area contributed by atoms with E-state index in [1.165, 1.54) is 23.1 Å². The molecule has 0 saturated carbocycles. The average Bonchev–Trinajstić information content (AvgIpc) is 3.26. The highest BCUT2D eigenvalue weighted by atomic mass is 35.5. The second kappa shape index (κ2) is 9.55. The first-order chi connectivity index (χ1) is 13.5. The summed E-state index contributed by atoms with van der Waals surface area (Å²) in [4.78, 5) is 12.1. The van der Waals surface area contributed by atoms with Gasteiger partial charge in [-0.2, -0.15) is 0 Å². The molecule has 0 bridgehead atoms. The molecule has 2 heterocycles. The van der Waals surface area contributed by atoms with E-state index >= 15 is 0 Å². The van der Waals surface area contributed by atoms with E-state index < -0.39 is 0 Å². The third-order valence-corrected chi connectivity index (χ3v) is 6.06. The molecule has 1 amide bonds. The van der Waals surface area contributed by atoms with E-state index in [1.807, 2.05) is 6.92 Å². The maximum absolute atomic E-state index is 12.1. The molecule has 0 aliphatic carbocycles. The molecule has 12 heteroatoms. The fourth-order valence-electron chi connectivity index (χ4n) is 2.06. The Morgan fingerprint density at radius 3 is 2.82 bits per heavy atom. The van der Waals surface area contributed by atoms with Gasteiger partial charge in [-0.3, -0.25) is 10.1 Å². The Bertz CT molecular complexity index is 978. The molecule has 1 aromatic carbocycles. The number of ether oxygens (including phenoxy) is 1. The number of aromatic nitrogens is 5. The molecule has 0 saturated heterocycles. The van der Waals surface area contributed by atoms with Crippen molar-refractivity contribution in [2.45, 2.75) is 25.1 Å². The SMILES string of the molecule is CCc1nnc(NC(=O)CSc2nnc(COc3ccc(Cl)cc3Cl)n2C)s1. The van der Waals surface area contributed by atoms with Gasteiger partial charge in [0, 0.05) is 12.1 Å². The van der Waals surface area contributed by atoms with Crippen LogP contribution in [0.15, 0.2) is 23.4 Å². The van der Waals surface area contributed by atoms with Crippen molar-refractivity contribution in [3.8, 4) is 5.75 Å². The Hall–Kier alpha value is -1.88. The maximum Gasteiger partial charge on any atom is 0.236 e. The van der Waals surface area contributed by atoms with Crippen LogP contribution >= 0.6 is 46.3 Å². The minimum Gasteiger partial charge on any atom is -0.484 e. The first kappa shape index (κ1) is 20.8. The summed E-state index contributed by atoms with van der Waals surface area (Å²) >= 11 is 14.6. The number of rotatable bonds is 8. The predicted octanol–water partition coefficient (Wildman–Crippen LogP) is 3.85. The van der Waals surface area contributed by atoms with Crippen LogP contribution in [-0.2, 0) is 24.9 Å². The van der Waals surface area contributed by atoms with Gasteiger partial charge in [-0.1, -0.05) is 53.2 Å². The molecule has 0 fully saturated rings. The molecule has 0 unspecified atom stereocenters. The van der Waals surface area contributed by atoms with E-state index in [2.05, 4.69) is 25.7 Å². The summed E-state index contributed by atoms with van der Waals surface area (Å²) in [5, 5.41) is 21.7. The molecule has 3 aromatic rings. The zero-order valence-corrected chi connectivity index (χ0v) is 18.1. The van der Waals surface area contributed by atoms with E-state index in [1.54, 1.807) is 29.8 Å².